The van der Waals surface area contributed by atoms with E-state index >= 15 is 0 Å². The Hall–Kier alpha value is -0.590. The van der Waals surface area contributed by atoms with Crippen LogP contribution in [0.5, 0.6) is 0 Å². The Labute approximate surface area is 123 Å². The molecule has 4 nitrogen and oxygen atoms in total. The van der Waals surface area contributed by atoms with Crippen LogP contribution >= 0.6 is 23.1 Å². The second kappa shape index (κ2) is 8.55. The van der Waals surface area contributed by atoms with Crippen LogP contribution in [0.3, 0.4) is 0 Å². The van der Waals surface area contributed by atoms with Gasteiger partial charge in [0, 0.05) is 23.3 Å². The smallest absolute Gasteiger partial charge is 0.221 e. The van der Waals surface area contributed by atoms with Crippen molar-refractivity contribution in [2.45, 2.75) is 39.0 Å². The summed E-state index contributed by atoms with van der Waals surface area (Å²) in [4.78, 5) is 16.1. The van der Waals surface area contributed by atoms with Crippen LogP contribution in [0.2, 0.25) is 0 Å². The number of amides is 1. The van der Waals surface area contributed by atoms with Crippen molar-refractivity contribution in [2.75, 3.05) is 12.4 Å². The van der Waals surface area contributed by atoms with Crippen LogP contribution in [0.15, 0.2) is 5.38 Å². The van der Waals surface area contributed by atoms with E-state index in [4.69, 9.17) is 5.11 Å². The molecule has 0 aliphatic carbocycles. The predicted octanol–water partition coefficient (Wildman–Crippen LogP) is 2.21. The average Bonchev–Trinajstić information content (AvgIpc) is 2.77. The van der Waals surface area contributed by atoms with Gasteiger partial charge in [0.25, 0.3) is 0 Å². The van der Waals surface area contributed by atoms with Crippen molar-refractivity contribution in [1.82, 2.24) is 10.3 Å². The molecule has 0 saturated carbocycles. The summed E-state index contributed by atoms with van der Waals surface area (Å²) in [6.45, 7) is 5.96. The molecule has 1 amide bonds. The van der Waals surface area contributed by atoms with E-state index in [9.17, 15) is 4.79 Å². The van der Waals surface area contributed by atoms with E-state index in [1.165, 1.54) is 0 Å². The first kappa shape index (κ1) is 16.5. The Bertz CT molecular complexity index is 394. The van der Waals surface area contributed by atoms with Crippen LogP contribution in [-0.4, -0.2) is 34.4 Å². The normalized spacial score (nSPS) is 12.7. The minimum absolute atomic E-state index is 0.00531. The minimum Gasteiger partial charge on any atom is -0.394 e. The Balaban J connectivity index is 2.16. The van der Waals surface area contributed by atoms with Crippen molar-refractivity contribution in [1.29, 1.82) is 0 Å². The molecule has 0 saturated heterocycles. The second-order valence-electron chi connectivity index (χ2n) is 4.76. The van der Waals surface area contributed by atoms with Crippen molar-refractivity contribution in [2.24, 2.45) is 5.92 Å². The highest BCUT2D eigenvalue weighted by molar-refractivity contribution is 7.98. The monoisotopic (exact) mass is 302 g/mol. The van der Waals surface area contributed by atoms with E-state index < -0.39 is 0 Å². The maximum absolute atomic E-state index is 11.7. The summed E-state index contributed by atoms with van der Waals surface area (Å²) in [5.74, 6) is 1.89. The fraction of sp³-hybridized carbons (Fsp3) is 0.692. The molecule has 6 heteroatoms. The third-order valence-corrected chi connectivity index (χ3v) is 4.55. The molecule has 1 heterocycles. The quantitative estimate of drug-likeness (QED) is 0.723. The van der Waals surface area contributed by atoms with Gasteiger partial charge in [0.2, 0.25) is 5.91 Å². The lowest BCUT2D eigenvalue weighted by Gasteiger charge is -2.19. The van der Waals surface area contributed by atoms with Gasteiger partial charge in [0.05, 0.1) is 23.4 Å². The summed E-state index contributed by atoms with van der Waals surface area (Å²) in [5, 5.41) is 15.1. The van der Waals surface area contributed by atoms with Gasteiger partial charge in [0.15, 0.2) is 0 Å². The molecule has 108 valence electrons. The van der Waals surface area contributed by atoms with E-state index in [1.807, 2.05) is 20.8 Å². The van der Waals surface area contributed by atoms with Crippen molar-refractivity contribution < 1.29 is 9.90 Å². The SMILES string of the molecule is Cc1nc(CSCCC(=O)N[C@H](CO)C(C)C)cs1. The molecular formula is C13H22N2O2S2. The van der Waals surface area contributed by atoms with E-state index in [0.29, 0.717) is 6.42 Å². The van der Waals surface area contributed by atoms with Gasteiger partial charge in [0.1, 0.15) is 0 Å². The Kier molecular flexibility index (Phi) is 7.41. The molecule has 0 aliphatic rings. The molecule has 1 aromatic heterocycles. The van der Waals surface area contributed by atoms with Crippen LogP contribution in [0.4, 0.5) is 0 Å². The number of nitrogens with one attached hydrogen (secondary N) is 1. The number of hydrogen-bond acceptors (Lipinski definition) is 5. The van der Waals surface area contributed by atoms with Crippen LogP contribution in [0.25, 0.3) is 0 Å². The molecule has 2 N–H and O–H groups in total. The highest BCUT2D eigenvalue weighted by atomic mass is 32.2. The van der Waals surface area contributed by atoms with E-state index in [-0.39, 0.29) is 24.5 Å². The maximum Gasteiger partial charge on any atom is 0.221 e. The van der Waals surface area contributed by atoms with Gasteiger partial charge >= 0.3 is 0 Å². The Morgan fingerprint density at radius 3 is 2.84 bits per heavy atom. The van der Waals surface area contributed by atoms with Crippen LogP contribution in [-0.2, 0) is 10.5 Å². The number of aliphatic hydroxyl groups is 1. The number of hydrogen-bond donors (Lipinski definition) is 2. The topological polar surface area (TPSA) is 62.2 Å². The minimum atomic E-state index is -0.140. The number of nitrogens with zero attached hydrogens (tertiary/aromatic N) is 1. The molecule has 0 radical (unpaired) electrons. The zero-order valence-corrected chi connectivity index (χ0v) is 13.3. The van der Waals surface area contributed by atoms with Gasteiger partial charge in [-0.1, -0.05) is 13.8 Å². The number of carbonyl (C=O) groups is 1. The average molecular weight is 302 g/mol. The molecule has 0 aliphatic heterocycles. The van der Waals surface area contributed by atoms with Gasteiger partial charge in [-0.05, 0) is 12.8 Å². The summed E-state index contributed by atoms with van der Waals surface area (Å²) in [6.07, 6.45) is 0.483. The second-order valence-corrected chi connectivity index (χ2v) is 6.93. The first-order valence-electron chi connectivity index (χ1n) is 6.42. The molecule has 0 unspecified atom stereocenters. The van der Waals surface area contributed by atoms with Crippen LogP contribution < -0.4 is 5.32 Å². The molecule has 0 bridgehead atoms. The number of aromatic nitrogens is 1. The maximum atomic E-state index is 11.7. The molecule has 0 aromatic carbocycles. The fourth-order valence-electron chi connectivity index (χ4n) is 1.52. The number of rotatable bonds is 8. The van der Waals surface area contributed by atoms with Gasteiger partial charge < -0.3 is 10.4 Å². The summed E-state index contributed by atoms with van der Waals surface area (Å²) >= 11 is 3.36. The lowest BCUT2D eigenvalue weighted by atomic mass is 10.1. The van der Waals surface area contributed by atoms with E-state index in [0.717, 1.165) is 22.2 Å². The largest absolute Gasteiger partial charge is 0.394 e. The van der Waals surface area contributed by atoms with Gasteiger partial charge in [-0.3, -0.25) is 4.79 Å². The Morgan fingerprint density at radius 1 is 1.58 bits per heavy atom. The molecule has 1 atom stereocenters. The fourth-order valence-corrected chi connectivity index (χ4v) is 3.07. The molecule has 19 heavy (non-hydrogen) atoms. The van der Waals surface area contributed by atoms with Crippen LogP contribution in [0, 0.1) is 12.8 Å². The first-order valence-corrected chi connectivity index (χ1v) is 8.45. The number of thiazole rings is 1. The standard InChI is InChI=1S/C13H22N2O2S2/c1-9(2)12(6-16)15-13(17)4-5-18-7-11-8-19-10(3)14-11/h8-9,12,16H,4-7H2,1-3H3,(H,15,17)/t12-/m1/s1. The number of aliphatic hydroxyl groups excluding tert-OH is 1. The molecule has 0 fully saturated rings. The van der Waals surface area contributed by atoms with Gasteiger partial charge in [-0.25, -0.2) is 4.98 Å². The summed E-state index contributed by atoms with van der Waals surface area (Å²) < 4.78 is 0. The zero-order valence-electron chi connectivity index (χ0n) is 11.7. The molecule has 0 spiro atoms. The summed E-state index contributed by atoms with van der Waals surface area (Å²) in [5.41, 5.74) is 1.09. The summed E-state index contributed by atoms with van der Waals surface area (Å²) in [6, 6.07) is -0.140. The van der Waals surface area contributed by atoms with E-state index in [2.05, 4.69) is 15.7 Å². The van der Waals surface area contributed by atoms with Crippen molar-refractivity contribution >= 4 is 29.0 Å². The van der Waals surface area contributed by atoms with Crippen molar-refractivity contribution in [3.8, 4) is 0 Å². The highest BCUT2D eigenvalue weighted by Crippen LogP contribution is 2.15. The summed E-state index contributed by atoms with van der Waals surface area (Å²) in [7, 11) is 0. The first-order chi connectivity index (χ1) is 9.02. The third-order valence-electron chi connectivity index (χ3n) is 2.74. The van der Waals surface area contributed by atoms with Crippen molar-refractivity contribution in [3.63, 3.8) is 0 Å². The molecule has 1 aromatic rings. The zero-order chi connectivity index (χ0) is 14.3. The Morgan fingerprint density at radius 2 is 2.32 bits per heavy atom. The van der Waals surface area contributed by atoms with Gasteiger partial charge in [-0.15, -0.1) is 11.3 Å². The van der Waals surface area contributed by atoms with Crippen LogP contribution in [0.1, 0.15) is 31.0 Å². The lowest BCUT2D eigenvalue weighted by molar-refractivity contribution is -0.122. The molecular weight excluding hydrogens is 280 g/mol. The molecule has 1 rings (SSSR count). The third kappa shape index (κ3) is 6.40. The lowest BCUT2D eigenvalue weighted by Crippen LogP contribution is -2.41. The number of carbonyl (C=O) groups excluding carboxylic acids is 1. The number of aryl methyl sites for hydroxylation is 1. The number of thioether (sulfide) groups is 1. The van der Waals surface area contributed by atoms with Gasteiger partial charge in [-0.2, -0.15) is 11.8 Å². The predicted molar refractivity (Wildman–Crippen MR) is 81.5 cm³/mol. The van der Waals surface area contributed by atoms with E-state index in [1.54, 1.807) is 23.1 Å². The highest BCUT2D eigenvalue weighted by Gasteiger charge is 2.14. The van der Waals surface area contributed by atoms with Crippen molar-refractivity contribution in [3.05, 3.63) is 16.1 Å².